The number of hydrogen-bond donors (Lipinski definition) is 0. The van der Waals surface area contributed by atoms with Crippen LogP contribution >= 0.6 is 12.2 Å². The first-order valence-corrected chi connectivity index (χ1v) is 13.3. The number of likely N-dealkylation sites (tertiary alicyclic amines) is 1. The normalized spacial score (nSPS) is 24.6. The number of allylic oxidation sites excluding steroid dienone is 1. The molecule has 3 aliphatic rings. The first-order valence-electron chi connectivity index (χ1n) is 12.8. The van der Waals surface area contributed by atoms with E-state index in [2.05, 4.69) is 25.7 Å². The number of amides is 1. The Kier molecular flexibility index (Phi) is 6.23. The van der Waals surface area contributed by atoms with Crippen LogP contribution < -0.4 is 4.90 Å². The van der Waals surface area contributed by atoms with E-state index in [0.717, 1.165) is 31.5 Å². The summed E-state index contributed by atoms with van der Waals surface area (Å²) >= 11 is 6.23. The SMILES string of the molecule is CC1(C)[C@@H]2CC[C@@]1(C)C(N1CCCCC1)=C2C(=S)N(C(=O)c1cccc([N+](=O)[O-])c1)c1ccccc1. The van der Waals surface area contributed by atoms with Crippen LogP contribution in [0.3, 0.4) is 0 Å². The molecular formula is C29H33N3O3S. The Hall–Kier alpha value is -3.06. The highest BCUT2D eigenvalue weighted by atomic mass is 32.1. The smallest absolute Gasteiger partial charge is 0.270 e. The topological polar surface area (TPSA) is 66.7 Å². The van der Waals surface area contributed by atoms with Crippen LogP contribution in [0.25, 0.3) is 0 Å². The maximum Gasteiger partial charge on any atom is 0.270 e. The minimum Gasteiger partial charge on any atom is -0.374 e. The number of carbonyl (C=O) groups excluding carboxylic acids is 1. The third kappa shape index (κ3) is 3.76. The molecule has 0 radical (unpaired) electrons. The van der Waals surface area contributed by atoms with Gasteiger partial charge in [0.05, 0.1) is 10.6 Å². The molecule has 1 heterocycles. The van der Waals surface area contributed by atoms with Gasteiger partial charge in [0.15, 0.2) is 0 Å². The molecule has 1 aliphatic heterocycles. The van der Waals surface area contributed by atoms with Crippen molar-refractivity contribution in [2.24, 2.45) is 16.7 Å². The molecule has 0 unspecified atom stereocenters. The van der Waals surface area contributed by atoms with Crippen molar-refractivity contribution in [2.75, 3.05) is 18.0 Å². The summed E-state index contributed by atoms with van der Waals surface area (Å²) in [5.74, 6) is -0.0813. The van der Waals surface area contributed by atoms with Gasteiger partial charge in [0.1, 0.15) is 4.99 Å². The number of anilines is 1. The molecule has 0 aromatic heterocycles. The van der Waals surface area contributed by atoms with Gasteiger partial charge in [0.2, 0.25) is 0 Å². The first-order chi connectivity index (χ1) is 17.2. The van der Waals surface area contributed by atoms with Crippen LogP contribution in [-0.4, -0.2) is 33.8 Å². The number of nitro groups is 1. The highest BCUT2D eigenvalue weighted by Gasteiger charge is 2.63. The second-order valence-corrected chi connectivity index (χ2v) is 11.4. The molecule has 0 N–H and O–H groups in total. The third-order valence-corrected chi connectivity index (χ3v) is 9.38. The number of nitrogens with zero attached hydrogens (tertiary/aromatic N) is 3. The molecule has 2 aliphatic carbocycles. The summed E-state index contributed by atoms with van der Waals surface area (Å²) in [7, 11) is 0. The minimum absolute atomic E-state index is 0.00859. The summed E-state index contributed by atoms with van der Waals surface area (Å²) in [6, 6.07) is 15.4. The minimum atomic E-state index is -0.474. The molecule has 1 amide bonds. The van der Waals surface area contributed by atoms with Gasteiger partial charge in [0, 0.05) is 47.5 Å². The maximum atomic E-state index is 14.0. The second kappa shape index (κ2) is 9.11. The molecule has 5 rings (SSSR count). The Labute approximate surface area is 218 Å². The van der Waals surface area contributed by atoms with Crippen molar-refractivity contribution in [3.8, 4) is 0 Å². The number of thiocarbonyl (C=S) groups is 1. The zero-order valence-electron chi connectivity index (χ0n) is 21.2. The summed E-state index contributed by atoms with van der Waals surface area (Å²) in [4.78, 5) is 29.6. The average molecular weight is 504 g/mol. The van der Waals surface area contributed by atoms with Crippen LogP contribution in [0.5, 0.6) is 0 Å². The van der Waals surface area contributed by atoms with Gasteiger partial charge in [-0.15, -0.1) is 0 Å². The molecule has 2 fully saturated rings. The predicted octanol–water partition coefficient (Wildman–Crippen LogP) is 6.77. The highest BCUT2D eigenvalue weighted by Crippen LogP contribution is 2.68. The summed E-state index contributed by atoms with van der Waals surface area (Å²) in [6.07, 6.45) is 5.74. The average Bonchev–Trinajstić information content (AvgIpc) is 3.22. The summed E-state index contributed by atoms with van der Waals surface area (Å²) in [5, 5.41) is 11.4. The fraction of sp³-hybridized carbons (Fsp3) is 0.448. The van der Waals surface area contributed by atoms with Gasteiger partial charge in [-0.3, -0.25) is 19.8 Å². The van der Waals surface area contributed by atoms with Crippen LogP contribution in [0.4, 0.5) is 11.4 Å². The molecule has 2 bridgehead atoms. The van der Waals surface area contributed by atoms with E-state index in [0.29, 0.717) is 10.7 Å². The van der Waals surface area contributed by atoms with Gasteiger partial charge in [-0.1, -0.05) is 57.3 Å². The zero-order chi connectivity index (χ0) is 25.7. The Balaban J connectivity index is 1.65. The lowest BCUT2D eigenvalue weighted by atomic mass is 9.69. The number of fused-ring (bicyclic) bond motifs is 2. The quantitative estimate of drug-likeness (QED) is 0.256. The molecule has 0 spiro atoms. The highest BCUT2D eigenvalue weighted by molar-refractivity contribution is 7.81. The molecule has 2 aromatic rings. The van der Waals surface area contributed by atoms with Gasteiger partial charge >= 0.3 is 0 Å². The van der Waals surface area contributed by atoms with Crippen molar-refractivity contribution in [3.05, 3.63) is 81.5 Å². The Bertz CT molecular complexity index is 1250. The standard InChI is InChI=1S/C29H33N3O3S/c1-28(2)23-15-16-29(28,3)25(30-17-8-5-9-18-30)24(23)27(36)31(21-12-6-4-7-13-21)26(33)20-11-10-14-22(19-20)32(34)35/h4,6-7,10-14,19,23H,5,8-9,15-18H2,1-3H3/t23-,29+/m1/s1. The largest absolute Gasteiger partial charge is 0.374 e. The van der Waals surface area contributed by atoms with E-state index < -0.39 is 4.92 Å². The van der Waals surface area contributed by atoms with Gasteiger partial charge in [-0.05, 0) is 61.6 Å². The number of non-ortho nitro benzene ring substituents is 1. The van der Waals surface area contributed by atoms with E-state index >= 15 is 0 Å². The van der Waals surface area contributed by atoms with E-state index in [-0.39, 0.29) is 33.9 Å². The second-order valence-electron chi connectivity index (χ2n) is 11.0. The van der Waals surface area contributed by atoms with E-state index in [9.17, 15) is 14.9 Å². The predicted molar refractivity (Wildman–Crippen MR) is 146 cm³/mol. The maximum absolute atomic E-state index is 14.0. The first kappa shape index (κ1) is 24.6. The summed E-state index contributed by atoms with van der Waals surface area (Å²) in [5.41, 5.74) is 3.28. The van der Waals surface area contributed by atoms with Crippen LogP contribution in [0.1, 0.15) is 63.2 Å². The van der Waals surface area contributed by atoms with Gasteiger partial charge < -0.3 is 4.90 Å². The summed E-state index contributed by atoms with van der Waals surface area (Å²) < 4.78 is 0. The number of carbonyl (C=O) groups is 1. The van der Waals surface area contributed by atoms with Gasteiger partial charge in [0.25, 0.3) is 11.6 Å². The Morgan fingerprint density at radius 1 is 1.06 bits per heavy atom. The number of benzene rings is 2. The Morgan fingerprint density at radius 3 is 2.42 bits per heavy atom. The number of rotatable bonds is 5. The van der Waals surface area contributed by atoms with Crippen LogP contribution in [0.15, 0.2) is 65.9 Å². The lowest BCUT2D eigenvalue weighted by Crippen LogP contribution is -2.42. The molecule has 7 heteroatoms. The number of hydrogen-bond acceptors (Lipinski definition) is 5. The zero-order valence-corrected chi connectivity index (χ0v) is 22.0. The van der Waals surface area contributed by atoms with E-state index in [1.807, 2.05) is 30.3 Å². The van der Waals surface area contributed by atoms with Crippen molar-refractivity contribution in [1.29, 1.82) is 0 Å². The number of nitro benzene ring substituents is 1. The van der Waals surface area contributed by atoms with Gasteiger partial charge in [-0.25, -0.2) is 0 Å². The summed E-state index contributed by atoms with van der Waals surface area (Å²) in [6.45, 7) is 9.11. The molecule has 1 saturated carbocycles. The molecule has 6 nitrogen and oxygen atoms in total. The van der Waals surface area contributed by atoms with Crippen molar-refractivity contribution in [3.63, 3.8) is 0 Å². The molecular weight excluding hydrogens is 470 g/mol. The van der Waals surface area contributed by atoms with Crippen LogP contribution in [-0.2, 0) is 0 Å². The molecule has 1 saturated heterocycles. The number of para-hydroxylation sites is 1. The fourth-order valence-electron chi connectivity index (χ4n) is 6.68. The molecule has 188 valence electrons. The van der Waals surface area contributed by atoms with Crippen LogP contribution in [0, 0.1) is 26.9 Å². The molecule has 2 aromatic carbocycles. The van der Waals surface area contributed by atoms with E-state index in [1.165, 1.54) is 37.1 Å². The van der Waals surface area contributed by atoms with Crippen molar-refractivity contribution in [1.82, 2.24) is 4.90 Å². The Morgan fingerprint density at radius 2 is 1.75 bits per heavy atom. The van der Waals surface area contributed by atoms with Gasteiger partial charge in [-0.2, -0.15) is 0 Å². The molecule has 36 heavy (non-hydrogen) atoms. The molecule has 2 atom stereocenters. The lowest BCUT2D eigenvalue weighted by Gasteiger charge is -2.43. The third-order valence-electron chi connectivity index (χ3n) is 8.98. The van der Waals surface area contributed by atoms with Crippen molar-refractivity contribution >= 4 is 34.5 Å². The fourth-order valence-corrected chi connectivity index (χ4v) is 7.11. The van der Waals surface area contributed by atoms with Crippen LogP contribution in [0.2, 0.25) is 0 Å². The van der Waals surface area contributed by atoms with Crippen molar-refractivity contribution < 1.29 is 9.72 Å². The lowest BCUT2D eigenvalue weighted by molar-refractivity contribution is -0.384. The van der Waals surface area contributed by atoms with Crippen molar-refractivity contribution in [2.45, 2.75) is 52.9 Å². The van der Waals surface area contributed by atoms with E-state index in [1.54, 1.807) is 17.0 Å². The number of piperidine rings is 1. The van der Waals surface area contributed by atoms with E-state index in [4.69, 9.17) is 12.2 Å². The monoisotopic (exact) mass is 503 g/mol.